The van der Waals surface area contributed by atoms with Gasteiger partial charge in [-0.3, -0.25) is 4.79 Å². The van der Waals surface area contributed by atoms with Crippen LogP contribution in [0.4, 0.5) is 0 Å². The predicted octanol–water partition coefficient (Wildman–Crippen LogP) is 0.932. The lowest BCUT2D eigenvalue weighted by Gasteiger charge is -2.08. The highest BCUT2D eigenvalue weighted by Crippen LogP contribution is 2.14. The lowest BCUT2D eigenvalue weighted by molar-refractivity contribution is -0.139. The summed E-state index contributed by atoms with van der Waals surface area (Å²) in [5, 5.41) is 0. The van der Waals surface area contributed by atoms with E-state index in [4.69, 9.17) is 5.73 Å². The summed E-state index contributed by atoms with van der Waals surface area (Å²) in [5.41, 5.74) is 8.00. The van der Waals surface area contributed by atoms with Crippen LogP contribution in [0, 0.1) is 6.92 Å². The molecule has 6 heteroatoms. The molecular weight excluding hydrogens is 266 g/mol. The van der Waals surface area contributed by atoms with Crippen LogP contribution in [0.3, 0.4) is 0 Å². The highest BCUT2D eigenvalue weighted by molar-refractivity contribution is 7.91. The normalized spacial score (nSPS) is 11.3. The van der Waals surface area contributed by atoms with Crippen molar-refractivity contribution in [3.8, 4) is 0 Å². The third kappa shape index (κ3) is 5.00. The van der Waals surface area contributed by atoms with Crippen LogP contribution in [-0.4, -0.2) is 26.7 Å². The minimum absolute atomic E-state index is 0.164. The van der Waals surface area contributed by atoms with Crippen molar-refractivity contribution in [1.29, 1.82) is 0 Å². The van der Waals surface area contributed by atoms with E-state index in [1.807, 2.05) is 13.0 Å². The van der Waals surface area contributed by atoms with E-state index < -0.39 is 21.6 Å². The molecule has 0 heterocycles. The Labute approximate surface area is 113 Å². The summed E-state index contributed by atoms with van der Waals surface area (Å²) < 4.78 is 28.4. The summed E-state index contributed by atoms with van der Waals surface area (Å²) in [5.74, 6) is -1.46. The van der Waals surface area contributed by atoms with Crippen molar-refractivity contribution < 1.29 is 17.9 Å². The minimum Gasteiger partial charge on any atom is -0.465 e. The van der Waals surface area contributed by atoms with Gasteiger partial charge in [0, 0.05) is 6.54 Å². The Balaban J connectivity index is 2.81. The number of carbonyl (C=O) groups is 1. The van der Waals surface area contributed by atoms with E-state index >= 15 is 0 Å². The zero-order valence-corrected chi connectivity index (χ0v) is 12.0. The first-order valence-corrected chi connectivity index (χ1v) is 7.84. The monoisotopic (exact) mass is 285 g/mol. The summed E-state index contributed by atoms with van der Waals surface area (Å²) in [6, 6.07) is 5.39. The number of hydrogen-bond acceptors (Lipinski definition) is 5. The molecule has 0 amide bonds. The van der Waals surface area contributed by atoms with Gasteiger partial charge in [0.1, 0.15) is 5.75 Å². The lowest BCUT2D eigenvalue weighted by Crippen LogP contribution is -2.20. The maximum absolute atomic E-state index is 11.9. The van der Waals surface area contributed by atoms with Gasteiger partial charge in [0.25, 0.3) is 0 Å². The number of ether oxygens (including phenoxy) is 1. The predicted molar refractivity (Wildman–Crippen MR) is 73.2 cm³/mol. The first-order valence-electron chi connectivity index (χ1n) is 6.02. The smallest absolute Gasteiger partial charge is 0.321 e. The average Bonchev–Trinajstić information content (AvgIpc) is 2.31. The molecule has 106 valence electrons. The fraction of sp³-hybridized carbons (Fsp3) is 0.462. The number of carbonyl (C=O) groups excluding carboxylic acids is 1. The van der Waals surface area contributed by atoms with Crippen molar-refractivity contribution in [2.24, 2.45) is 5.73 Å². The molecule has 1 aromatic rings. The van der Waals surface area contributed by atoms with Crippen molar-refractivity contribution in [2.75, 3.05) is 12.4 Å². The Kier molecular flexibility index (Phi) is 5.50. The van der Waals surface area contributed by atoms with Gasteiger partial charge in [0.15, 0.2) is 9.84 Å². The van der Waals surface area contributed by atoms with Gasteiger partial charge in [-0.2, -0.15) is 0 Å². The molecule has 5 nitrogen and oxygen atoms in total. The van der Waals surface area contributed by atoms with Crippen molar-refractivity contribution in [1.82, 2.24) is 0 Å². The minimum atomic E-state index is -3.50. The largest absolute Gasteiger partial charge is 0.465 e. The van der Waals surface area contributed by atoms with E-state index in [9.17, 15) is 13.2 Å². The Bertz CT molecular complexity index is 552. The molecule has 0 atom stereocenters. The number of esters is 1. The Morgan fingerprint density at radius 1 is 1.37 bits per heavy atom. The van der Waals surface area contributed by atoms with E-state index in [2.05, 4.69) is 4.74 Å². The van der Waals surface area contributed by atoms with Crippen LogP contribution in [-0.2, 0) is 31.7 Å². The average molecular weight is 285 g/mol. The molecule has 0 aliphatic rings. The van der Waals surface area contributed by atoms with E-state index in [0.29, 0.717) is 12.1 Å². The van der Waals surface area contributed by atoms with Crippen molar-refractivity contribution in [3.05, 3.63) is 34.9 Å². The molecule has 0 bridgehead atoms. The number of hydrogen-bond donors (Lipinski definition) is 1. The molecular formula is C13H19NO4S. The lowest BCUT2D eigenvalue weighted by atomic mass is 10.1. The second-order valence-corrected chi connectivity index (χ2v) is 6.37. The number of aryl methyl sites for hydroxylation is 1. The van der Waals surface area contributed by atoms with Crippen LogP contribution >= 0.6 is 0 Å². The SMILES string of the molecule is CCOC(=O)CS(=O)(=O)Cc1ccc(CN)cc1C. The third-order valence-electron chi connectivity index (χ3n) is 2.66. The molecule has 0 aliphatic carbocycles. The topological polar surface area (TPSA) is 86.5 Å². The molecule has 0 unspecified atom stereocenters. The fourth-order valence-corrected chi connectivity index (χ4v) is 3.06. The second kappa shape index (κ2) is 6.68. The Morgan fingerprint density at radius 2 is 2.05 bits per heavy atom. The molecule has 0 spiro atoms. The van der Waals surface area contributed by atoms with Gasteiger partial charge in [-0.25, -0.2) is 8.42 Å². The van der Waals surface area contributed by atoms with Gasteiger partial charge in [-0.05, 0) is 30.5 Å². The summed E-state index contributed by atoms with van der Waals surface area (Å²) in [6.07, 6.45) is 0. The summed E-state index contributed by atoms with van der Waals surface area (Å²) in [6.45, 7) is 4.06. The van der Waals surface area contributed by atoms with Crippen LogP contribution in [0.15, 0.2) is 18.2 Å². The first-order chi connectivity index (χ1) is 8.88. The number of benzene rings is 1. The quantitative estimate of drug-likeness (QED) is 0.786. The van der Waals surface area contributed by atoms with Gasteiger partial charge in [0.2, 0.25) is 0 Å². The summed E-state index contributed by atoms with van der Waals surface area (Å²) >= 11 is 0. The van der Waals surface area contributed by atoms with E-state index in [0.717, 1.165) is 11.1 Å². The van der Waals surface area contributed by atoms with Gasteiger partial charge in [0.05, 0.1) is 12.4 Å². The molecule has 0 fully saturated rings. The number of nitrogens with two attached hydrogens (primary N) is 1. The molecule has 0 aliphatic heterocycles. The van der Waals surface area contributed by atoms with E-state index in [1.165, 1.54) is 0 Å². The maximum atomic E-state index is 11.9. The molecule has 0 aromatic heterocycles. The van der Waals surface area contributed by atoms with Crippen LogP contribution in [0.25, 0.3) is 0 Å². The molecule has 0 saturated carbocycles. The van der Waals surface area contributed by atoms with Crippen molar-refractivity contribution in [2.45, 2.75) is 26.1 Å². The van der Waals surface area contributed by atoms with Crippen LogP contribution in [0.5, 0.6) is 0 Å². The fourth-order valence-electron chi connectivity index (χ4n) is 1.72. The third-order valence-corrected chi connectivity index (χ3v) is 4.09. The summed E-state index contributed by atoms with van der Waals surface area (Å²) in [4.78, 5) is 11.2. The van der Waals surface area contributed by atoms with E-state index in [-0.39, 0.29) is 12.4 Å². The van der Waals surface area contributed by atoms with Gasteiger partial charge in [-0.15, -0.1) is 0 Å². The zero-order chi connectivity index (χ0) is 14.5. The molecule has 1 aromatic carbocycles. The van der Waals surface area contributed by atoms with Crippen LogP contribution < -0.4 is 5.73 Å². The molecule has 19 heavy (non-hydrogen) atoms. The Hall–Kier alpha value is -1.40. The van der Waals surface area contributed by atoms with Gasteiger partial charge in [-0.1, -0.05) is 18.2 Å². The number of rotatable bonds is 6. The van der Waals surface area contributed by atoms with Crippen LogP contribution in [0.2, 0.25) is 0 Å². The van der Waals surface area contributed by atoms with Gasteiger partial charge >= 0.3 is 5.97 Å². The molecule has 0 radical (unpaired) electrons. The van der Waals surface area contributed by atoms with E-state index in [1.54, 1.807) is 19.1 Å². The highest BCUT2D eigenvalue weighted by atomic mass is 32.2. The van der Waals surface area contributed by atoms with Gasteiger partial charge < -0.3 is 10.5 Å². The highest BCUT2D eigenvalue weighted by Gasteiger charge is 2.19. The molecule has 0 saturated heterocycles. The Morgan fingerprint density at radius 3 is 2.58 bits per heavy atom. The van der Waals surface area contributed by atoms with Crippen LogP contribution in [0.1, 0.15) is 23.6 Å². The van der Waals surface area contributed by atoms with Crippen molar-refractivity contribution >= 4 is 15.8 Å². The molecule has 2 N–H and O–H groups in total. The standard InChI is InChI=1S/C13H19NO4S/c1-3-18-13(15)9-19(16,17)8-12-5-4-11(7-14)6-10(12)2/h4-6H,3,7-9,14H2,1-2H3. The molecule has 1 rings (SSSR count). The number of sulfone groups is 1. The maximum Gasteiger partial charge on any atom is 0.321 e. The first kappa shape index (κ1) is 15.7. The second-order valence-electron chi connectivity index (χ2n) is 4.30. The zero-order valence-electron chi connectivity index (χ0n) is 11.2. The van der Waals surface area contributed by atoms with Crippen molar-refractivity contribution in [3.63, 3.8) is 0 Å². The summed E-state index contributed by atoms with van der Waals surface area (Å²) in [7, 11) is -3.50.